The standard InChI is InChI=1S/C22H18F3N5O2/c23-22(24,25)32-17-6-3-15(4-7-17)29-21(31)14-11-18(19-8-5-16(12-26)28-19)20(27-13-14)30-9-1-2-10-30/h3-8,11,13,28H,1-2,9-10H2,(H,29,31). The van der Waals surface area contributed by atoms with Crippen molar-refractivity contribution in [3.05, 3.63) is 59.9 Å². The highest BCUT2D eigenvalue weighted by molar-refractivity contribution is 6.05. The van der Waals surface area contributed by atoms with Gasteiger partial charge in [0.1, 0.15) is 23.3 Å². The fraction of sp³-hybridized carbons (Fsp3) is 0.227. The van der Waals surface area contributed by atoms with E-state index in [1.807, 2.05) is 6.07 Å². The van der Waals surface area contributed by atoms with Gasteiger partial charge in [-0.2, -0.15) is 5.26 Å². The van der Waals surface area contributed by atoms with Crippen LogP contribution in [0, 0.1) is 11.3 Å². The number of nitrogens with one attached hydrogen (secondary N) is 2. The molecule has 0 aliphatic carbocycles. The topological polar surface area (TPSA) is 94.0 Å². The Kier molecular flexibility index (Phi) is 5.73. The first-order valence-electron chi connectivity index (χ1n) is 9.84. The number of nitrogens with zero attached hydrogens (tertiary/aromatic N) is 3. The number of alkyl halides is 3. The van der Waals surface area contributed by atoms with Crippen LogP contribution in [0.15, 0.2) is 48.7 Å². The molecule has 10 heteroatoms. The Labute approximate surface area is 181 Å². The van der Waals surface area contributed by atoms with E-state index < -0.39 is 12.3 Å². The average Bonchev–Trinajstić information content (AvgIpc) is 3.46. The van der Waals surface area contributed by atoms with E-state index in [0.29, 0.717) is 22.6 Å². The lowest BCUT2D eigenvalue weighted by atomic mass is 10.1. The molecule has 2 aromatic heterocycles. The number of anilines is 2. The van der Waals surface area contributed by atoms with Crippen LogP contribution in [0.4, 0.5) is 24.7 Å². The molecule has 1 aliphatic rings. The molecular weight excluding hydrogens is 423 g/mol. The van der Waals surface area contributed by atoms with Crippen LogP contribution in [0.1, 0.15) is 28.9 Å². The van der Waals surface area contributed by atoms with Crippen molar-refractivity contribution >= 4 is 17.4 Å². The van der Waals surface area contributed by atoms with Crippen LogP contribution in [0.3, 0.4) is 0 Å². The van der Waals surface area contributed by atoms with Gasteiger partial charge in [-0.25, -0.2) is 4.98 Å². The summed E-state index contributed by atoms with van der Waals surface area (Å²) in [5.41, 5.74) is 2.32. The highest BCUT2D eigenvalue weighted by Crippen LogP contribution is 2.32. The van der Waals surface area contributed by atoms with E-state index in [1.54, 1.807) is 18.2 Å². The van der Waals surface area contributed by atoms with Gasteiger partial charge in [0.15, 0.2) is 0 Å². The Morgan fingerprint density at radius 2 is 1.88 bits per heavy atom. The second-order valence-electron chi connectivity index (χ2n) is 7.21. The first kappa shape index (κ1) is 21.2. The molecule has 2 N–H and O–H groups in total. The molecule has 1 saturated heterocycles. The van der Waals surface area contributed by atoms with Crippen molar-refractivity contribution in [3.63, 3.8) is 0 Å². The number of hydrogen-bond acceptors (Lipinski definition) is 5. The maximum Gasteiger partial charge on any atom is 0.573 e. The molecule has 1 fully saturated rings. The molecule has 3 aromatic rings. The fourth-order valence-electron chi connectivity index (χ4n) is 3.52. The molecule has 0 atom stereocenters. The first-order valence-corrected chi connectivity index (χ1v) is 9.84. The Hall–Kier alpha value is -4.00. The van der Waals surface area contributed by atoms with Crippen molar-refractivity contribution in [2.24, 2.45) is 0 Å². The number of hydrogen-bond donors (Lipinski definition) is 2. The van der Waals surface area contributed by atoms with Crippen molar-refractivity contribution in [3.8, 4) is 23.1 Å². The number of H-pyrrole nitrogens is 1. The molecule has 0 bridgehead atoms. The number of carbonyl (C=O) groups is 1. The van der Waals surface area contributed by atoms with E-state index >= 15 is 0 Å². The van der Waals surface area contributed by atoms with Gasteiger partial charge >= 0.3 is 6.36 Å². The molecule has 32 heavy (non-hydrogen) atoms. The van der Waals surface area contributed by atoms with Crippen LogP contribution in [0.25, 0.3) is 11.3 Å². The van der Waals surface area contributed by atoms with E-state index in [0.717, 1.165) is 43.9 Å². The summed E-state index contributed by atoms with van der Waals surface area (Å²) in [6.45, 7) is 1.70. The smallest absolute Gasteiger partial charge is 0.406 e. The summed E-state index contributed by atoms with van der Waals surface area (Å²) in [5, 5.41) is 11.8. The summed E-state index contributed by atoms with van der Waals surface area (Å²) in [6.07, 6.45) is -1.23. The minimum atomic E-state index is -4.78. The predicted octanol–water partition coefficient (Wildman–Crippen LogP) is 4.70. The van der Waals surface area contributed by atoms with Gasteiger partial charge in [0.2, 0.25) is 0 Å². The maximum atomic E-state index is 12.8. The van der Waals surface area contributed by atoms with E-state index in [2.05, 4.69) is 24.9 Å². The molecule has 0 spiro atoms. The highest BCUT2D eigenvalue weighted by Gasteiger charge is 2.31. The summed E-state index contributed by atoms with van der Waals surface area (Å²) >= 11 is 0. The van der Waals surface area contributed by atoms with E-state index in [-0.39, 0.29) is 11.3 Å². The number of aromatic nitrogens is 2. The van der Waals surface area contributed by atoms with Crippen LogP contribution in [0.5, 0.6) is 5.75 Å². The van der Waals surface area contributed by atoms with Crippen LogP contribution in [0.2, 0.25) is 0 Å². The quantitative estimate of drug-likeness (QED) is 0.599. The first-order chi connectivity index (χ1) is 15.3. The van der Waals surface area contributed by atoms with Gasteiger partial charge in [0.05, 0.1) is 11.3 Å². The lowest BCUT2D eigenvalue weighted by Crippen LogP contribution is -2.21. The zero-order chi connectivity index (χ0) is 22.7. The van der Waals surface area contributed by atoms with Crippen molar-refractivity contribution in [1.29, 1.82) is 5.26 Å². The fourth-order valence-corrected chi connectivity index (χ4v) is 3.52. The lowest BCUT2D eigenvalue weighted by Gasteiger charge is -2.20. The molecule has 0 unspecified atom stereocenters. The number of benzene rings is 1. The third-order valence-electron chi connectivity index (χ3n) is 4.98. The number of halogens is 3. The SMILES string of the molecule is N#Cc1ccc(-c2cc(C(=O)Nc3ccc(OC(F)(F)F)cc3)cnc2N2CCCC2)[nH]1. The molecule has 0 radical (unpaired) electrons. The Bertz CT molecular complexity index is 1160. The highest BCUT2D eigenvalue weighted by atomic mass is 19.4. The third-order valence-corrected chi connectivity index (χ3v) is 4.98. The van der Waals surface area contributed by atoms with Crippen LogP contribution in [-0.2, 0) is 0 Å². The van der Waals surface area contributed by atoms with Gasteiger partial charge < -0.3 is 19.9 Å². The van der Waals surface area contributed by atoms with Crippen molar-refractivity contribution in [1.82, 2.24) is 9.97 Å². The van der Waals surface area contributed by atoms with Gasteiger partial charge in [-0.1, -0.05) is 0 Å². The Morgan fingerprint density at radius 1 is 1.16 bits per heavy atom. The number of carbonyl (C=O) groups excluding carboxylic acids is 1. The van der Waals surface area contributed by atoms with Crippen molar-refractivity contribution < 1.29 is 22.7 Å². The molecule has 7 nitrogen and oxygen atoms in total. The van der Waals surface area contributed by atoms with Gasteiger partial charge in [0.25, 0.3) is 5.91 Å². The Balaban J connectivity index is 1.58. The molecule has 1 aromatic carbocycles. The monoisotopic (exact) mass is 441 g/mol. The number of nitriles is 1. The third kappa shape index (κ3) is 4.83. The summed E-state index contributed by atoms with van der Waals surface area (Å²) in [4.78, 5) is 22.4. The van der Waals surface area contributed by atoms with Gasteiger partial charge in [0, 0.05) is 30.5 Å². The van der Waals surface area contributed by atoms with Crippen LogP contribution >= 0.6 is 0 Å². The largest absolute Gasteiger partial charge is 0.573 e. The second kappa shape index (κ2) is 8.63. The van der Waals surface area contributed by atoms with E-state index in [4.69, 9.17) is 5.26 Å². The number of rotatable bonds is 5. The zero-order valence-electron chi connectivity index (χ0n) is 16.7. The minimum absolute atomic E-state index is 0.270. The van der Waals surface area contributed by atoms with Gasteiger partial charge in [-0.15, -0.1) is 13.2 Å². The second-order valence-corrected chi connectivity index (χ2v) is 7.21. The number of pyridine rings is 1. The summed E-state index contributed by atoms with van der Waals surface area (Å²) in [6, 6.07) is 12.0. The summed E-state index contributed by atoms with van der Waals surface area (Å²) in [7, 11) is 0. The molecule has 1 amide bonds. The van der Waals surface area contributed by atoms with Gasteiger partial charge in [-0.3, -0.25) is 4.79 Å². The van der Waals surface area contributed by atoms with Crippen LogP contribution in [-0.4, -0.2) is 35.3 Å². The zero-order valence-corrected chi connectivity index (χ0v) is 16.7. The normalized spacial score (nSPS) is 13.6. The molecule has 1 aliphatic heterocycles. The average molecular weight is 441 g/mol. The van der Waals surface area contributed by atoms with Crippen molar-refractivity contribution in [2.75, 3.05) is 23.3 Å². The molecule has 164 valence electrons. The molecule has 0 saturated carbocycles. The Morgan fingerprint density at radius 3 is 2.50 bits per heavy atom. The predicted molar refractivity (Wildman–Crippen MR) is 111 cm³/mol. The van der Waals surface area contributed by atoms with Crippen LogP contribution < -0.4 is 15.0 Å². The van der Waals surface area contributed by atoms with E-state index in [9.17, 15) is 18.0 Å². The van der Waals surface area contributed by atoms with E-state index in [1.165, 1.54) is 18.3 Å². The molecule has 4 rings (SSSR count). The van der Waals surface area contributed by atoms with Crippen molar-refractivity contribution in [2.45, 2.75) is 19.2 Å². The molecular formula is C22H18F3N5O2. The maximum absolute atomic E-state index is 12.8. The summed E-state index contributed by atoms with van der Waals surface area (Å²) < 4.78 is 40.7. The summed E-state index contributed by atoms with van der Waals surface area (Å²) in [5.74, 6) is -0.128. The lowest BCUT2D eigenvalue weighted by molar-refractivity contribution is -0.274. The van der Waals surface area contributed by atoms with Gasteiger partial charge in [-0.05, 0) is 55.3 Å². The number of aromatic amines is 1. The minimum Gasteiger partial charge on any atom is -0.406 e. The number of amides is 1. The number of ether oxygens (including phenoxy) is 1. The molecule has 3 heterocycles.